The Morgan fingerprint density at radius 2 is 2.15 bits per heavy atom. The number of carbonyl (C=O) groups is 2. The predicted molar refractivity (Wildman–Crippen MR) is 74.9 cm³/mol. The second-order valence-electron chi connectivity index (χ2n) is 5.16. The van der Waals surface area contributed by atoms with Gasteiger partial charge in [-0.05, 0) is 18.4 Å². The van der Waals surface area contributed by atoms with Crippen LogP contribution in [0.3, 0.4) is 0 Å². The summed E-state index contributed by atoms with van der Waals surface area (Å²) in [5.74, 6) is -0.741. The fourth-order valence-corrected chi connectivity index (χ4v) is 2.84. The third-order valence-corrected chi connectivity index (χ3v) is 3.85. The topological polar surface area (TPSA) is 52.0 Å². The van der Waals surface area contributed by atoms with E-state index in [0.29, 0.717) is 24.0 Å². The van der Waals surface area contributed by atoms with Gasteiger partial charge in [0.05, 0.1) is 17.2 Å². The van der Waals surface area contributed by atoms with Gasteiger partial charge in [0, 0.05) is 18.8 Å². The zero-order valence-corrected chi connectivity index (χ0v) is 11.6. The minimum atomic E-state index is -0.582. The molecule has 1 unspecified atom stereocenters. The van der Waals surface area contributed by atoms with E-state index >= 15 is 0 Å². The minimum Gasteiger partial charge on any atom is -0.293 e. The molecular weight excluding hydrogens is 252 g/mol. The molecule has 0 fully saturated rings. The highest BCUT2D eigenvalue weighted by Gasteiger charge is 2.37. The second kappa shape index (κ2) is 4.71. The quantitative estimate of drug-likeness (QED) is 0.633. The number of rotatable bonds is 3. The molecular formula is C16H16N2O2. The lowest BCUT2D eigenvalue weighted by molar-refractivity contribution is 0.0822. The molecule has 0 saturated heterocycles. The summed E-state index contributed by atoms with van der Waals surface area (Å²) < 4.78 is 1.64. The molecule has 0 spiro atoms. The van der Waals surface area contributed by atoms with Crippen LogP contribution < -0.4 is 0 Å². The molecule has 0 N–H and O–H groups in total. The van der Waals surface area contributed by atoms with Crippen molar-refractivity contribution in [3.05, 3.63) is 52.8 Å². The number of aryl methyl sites for hydroxylation is 2. The smallest absolute Gasteiger partial charge is 0.177 e. The van der Waals surface area contributed by atoms with Gasteiger partial charge in [-0.25, -0.2) is 0 Å². The van der Waals surface area contributed by atoms with Gasteiger partial charge in [-0.15, -0.1) is 0 Å². The molecule has 1 aliphatic rings. The lowest BCUT2D eigenvalue weighted by atomic mass is 9.94. The van der Waals surface area contributed by atoms with Gasteiger partial charge in [0.15, 0.2) is 11.6 Å². The number of fused-ring (bicyclic) bond motifs is 1. The van der Waals surface area contributed by atoms with E-state index in [1.54, 1.807) is 24.0 Å². The van der Waals surface area contributed by atoms with Crippen LogP contribution in [0, 0.1) is 5.92 Å². The van der Waals surface area contributed by atoms with E-state index in [0.717, 1.165) is 11.3 Å². The summed E-state index contributed by atoms with van der Waals surface area (Å²) in [6.45, 7) is 1.96. The Bertz CT molecular complexity index is 700. The lowest BCUT2D eigenvalue weighted by Gasteiger charge is -2.06. The van der Waals surface area contributed by atoms with Gasteiger partial charge >= 0.3 is 0 Å². The highest BCUT2D eigenvalue weighted by Crippen LogP contribution is 2.29. The third kappa shape index (κ3) is 1.88. The fraction of sp³-hybridized carbons (Fsp3) is 0.312. The summed E-state index contributed by atoms with van der Waals surface area (Å²) in [4.78, 5) is 25.0. The molecule has 1 atom stereocenters. The maximum atomic E-state index is 12.6. The van der Waals surface area contributed by atoms with Crippen LogP contribution in [0.5, 0.6) is 0 Å². The van der Waals surface area contributed by atoms with Crippen LogP contribution in [0.25, 0.3) is 0 Å². The molecule has 1 aliphatic carbocycles. The van der Waals surface area contributed by atoms with Crippen molar-refractivity contribution in [3.8, 4) is 0 Å². The first-order chi connectivity index (χ1) is 9.61. The molecule has 0 aliphatic heterocycles. The summed E-state index contributed by atoms with van der Waals surface area (Å²) in [5.41, 5.74) is 3.01. The summed E-state index contributed by atoms with van der Waals surface area (Å²) in [5, 5.41) is 4.28. The van der Waals surface area contributed by atoms with Crippen LogP contribution >= 0.6 is 0 Å². The molecule has 1 aromatic carbocycles. The van der Waals surface area contributed by atoms with Gasteiger partial charge < -0.3 is 0 Å². The van der Waals surface area contributed by atoms with Crippen molar-refractivity contribution < 1.29 is 9.59 Å². The molecule has 1 aromatic heterocycles. The first kappa shape index (κ1) is 12.8. The zero-order chi connectivity index (χ0) is 14.3. The van der Waals surface area contributed by atoms with Gasteiger partial charge in [-0.1, -0.05) is 31.2 Å². The molecule has 2 aromatic rings. The number of benzene rings is 1. The predicted octanol–water partition coefficient (Wildman–Crippen LogP) is 2.22. The van der Waals surface area contributed by atoms with Crippen molar-refractivity contribution >= 4 is 11.6 Å². The van der Waals surface area contributed by atoms with Crippen LogP contribution in [0.1, 0.15) is 38.9 Å². The third-order valence-electron chi connectivity index (χ3n) is 3.85. The first-order valence-corrected chi connectivity index (χ1v) is 6.80. The number of Topliss-reactive ketones (excluding diaryl/α,β-unsaturated/α-hetero) is 2. The van der Waals surface area contributed by atoms with Crippen LogP contribution in [0.15, 0.2) is 30.5 Å². The molecule has 0 bridgehead atoms. The molecule has 4 nitrogen and oxygen atoms in total. The van der Waals surface area contributed by atoms with Crippen molar-refractivity contribution in [2.24, 2.45) is 13.0 Å². The highest BCUT2D eigenvalue weighted by atomic mass is 16.2. The van der Waals surface area contributed by atoms with Gasteiger partial charge in [0.1, 0.15) is 0 Å². The Morgan fingerprint density at radius 3 is 2.85 bits per heavy atom. The SMILES string of the molecule is CCc1nn(C)cc1C(=O)C1Cc2ccccc2C1=O. The molecule has 3 rings (SSSR count). The van der Waals surface area contributed by atoms with Crippen LogP contribution in [-0.4, -0.2) is 21.3 Å². The maximum absolute atomic E-state index is 12.6. The number of carbonyl (C=O) groups excluding carboxylic acids is 2. The summed E-state index contributed by atoms with van der Waals surface area (Å²) >= 11 is 0. The Kier molecular flexibility index (Phi) is 3.01. The second-order valence-corrected chi connectivity index (χ2v) is 5.16. The van der Waals surface area contributed by atoms with Gasteiger partial charge in [0.25, 0.3) is 0 Å². The molecule has 0 radical (unpaired) electrons. The molecule has 0 saturated carbocycles. The van der Waals surface area contributed by atoms with Gasteiger partial charge in [0.2, 0.25) is 0 Å². The van der Waals surface area contributed by atoms with Gasteiger partial charge in [-0.3, -0.25) is 14.3 Å². The minimum absolute atomic E-state index is 0.0588. The van der Waals surface area contributed by atoms with Crippen LogP contribution in [0.4, 0.5) is 0 Å². The van der Waals surface area contributed by atoms with Crippen molar-refractivity contribution in [3.63, 3.8) is 0 Å². The average molecular weight is 268 g/mol. The van der Waals surface area contributed by atoms with E-state index in [1.165, 1.54) is 0 Å². The van der Waals surface area contributed by atoms with E-state index in [-0.39, 0.29) is 11.6 Å². The summed E-state index contributed by atoms with van der Waals surface area (Å²) in [6, 6.07) is 7.46. The van der Waals surface area contributed by atoms with E-state index in [1.807, 2.05) is 25.1 Å². The van der Waals surface area contributed by atoms with Crippen molar-refractivity contribution in [2.45, 2.75) is 19.8 Å². The Morgan fingerprint density at radius 1 is 1.40 bits per heavy atom. The number of hydrogen-bond acceptors (Lipinski definition) is 3. The number of nitrogens with zero attached hydrogens (tertiary/aromatic N) is 2. The van der Waals surface area contributed by atoms with E-state index in [9.17, 15) is 9.59 Å². The number of hydrogen-bond donors (Lipinski definition) is 0. The normalized spacial score (nSPS) is 17.3. The first-order valence-electron chi connectivity index (χ1n) is 6.80. The van der Waals surface area contributed by atoms with E-state index < -0.39 is 5.92 Å². The van der Waals surface area contributed by atoms with Crippen molar-refractivity contribution in [1.82, 2.24) is 9.78 Å². The molecule has 0 amide bonds. The highest BCUT2D eigenvalue weighted by molar-refractivity contribution is 6.18. The van der Waals surface area contributed by atoms with Crippen LogP contribution in [0.2, 0.25) is 0 Å². The Hall–Kier alpha value is -2.23. The summed E-state index contributed by atoms with van der Waals surface area (Å²) in [7, 11) is 1.79. The van der Waals surface area contributed by atoms with Crippen molar-refractivity contribution in [2.75, 3.05) is 0 Å². The van der Waals surface area contributed by atoms with Crippen LogP contribution in [-0.2, 0) is 19.9 Å². The Balaban J connectivity index is 1.95. The summed E-state index contributed by atoms with van der Waals surface area (Å²) in [6.07, 6.45) is 2.92. The number of aromatic nitrogens is 2. The van der Waals surface area contributed by atoms with E-state index in [2.05, 4.69) is 5.10 Å². The molecule has 1 heterocycles. The number of ketones is 2. The molecule has 4 heteroatoms. The van der Waals surface area contributed by atoms with E-state index in [4.69, 9.17) is 0 Å². The van der Waals surface area contributed by atoms with Gasteiger partial charge in [-0.2, -0.15) is 5.10 Å². The molecule has 102 valence electrons. The zero-order valence-electron chi connectivity index (χ0n) is 11.6. The standard InChI is InChI=1S/C16H16N2O2/c1-3-14-13(9-18(2)17-14)16(20)12-8-10-6-4-5-7-11(10)15(12)19/h4-7,9,12H,3,8H2,1-2H3. The monoisotopic (exact) mass is 268 g/mol. The Labute approximate surface area is 117 Å². The molecule has 20 heavy (non-hydrogen) atoms. The van der Waals surface area contributed by atoms with Crippen molar-refractivity contribution in [1.29, 1.82) is 0 Å². The maximum Gasteiger partial charge on any atom is 0.177 e. The largest absolute Gasteiger partial charge is 0.293 e. The fourth-order valence-electron chi connectivity index (χ4n) is 2.84. The average Bonchev–Trinajstić information content (AvgIpc) is 2.99. The lowest BCUT2D eigenvalue weighted by Crippen LogP contribution is -2.21.